The van der Waals surface area contributed by atoms with E-state index in [-0.39, 0.29) is 11.4 Å². The Hall–Kier alpha value is -3.80. The monoisotopic (exact) mass is 348 g/mol. The van der Waals surface area contributed by atoms with Crippen molar-refractivity contribution in [1.29, 1.82) is 0 Å². The van der Waals surface area contributed by atoms with Crippen LogP contribution < -0.4 is 15.4 Å². The van der Waals surface area contributed by atoms with Crippen LogP contribution in [0.4, 0.5) is 11.4 Å². The van der Waals surface area contributed by atoms with Gasteiger partial charge in [0.25, 0.3) is 0 Å². The van der Waals surface area contributed by atoms with Crippen molar-refractivity contribution in [3.63, 3.8) is 0 Å². The number of ether oxygens (including phenoxy) is 1. The first-order valence-electron chi connectivity index (χ1n) is 7.85. The van der Waals surface area contributed by atoms with Gasteiger partial charge in [-0.25, -0.2) is 0 Å². The highest BCUT2D eigenvalue weighted by molar-refractivity contribution is 6.43. The van der Waals surface area contributed by atoms with Gasteiger partial charge in [0.15, 0.2) is 0 Å². The number of phenols is 1. The maximum atomic E-state index is 12.0. The fourth-order valence-corrected chi connectivity index (χ4v) is 2.18. The van der Waals surface area contributed by atoms with Gasteiger partial charge in [0.05, 0.1) is 5.69 Å². The molecule has 3 N–H and O–H groups in total. The molecule has 0 aliphatic rings. The smallest absolute Gasteiger partial charge is 0.314 e. The van der Waals surface area contributed by atoms with Crippen LogP contribution in [0.1, 0.15) is 0 Å². The van der Waals surface area contributed by atoms with Crippen molar-refractivity contribution in [2.24, 2.45) is 0 Å². The third-order valence-corrected chi connectivity index (χ3v) is 3.45. The summed E-state index contributed by atoms with van der Waals surface area (Å²) in [5.74, 6) is -0.531. The molecule has 3 rings (SSSR count). The van der Waals surface area contributed by atoms with E-state index in [0.717, 1.165) is 0 Å². The Labute approximate surface area is 150 Å². The fourth-order valence-electron chi connectivity index (χ4n) is 2.18. The molecule has 0 radical (unpaired) electrons. The number of benzene rings is 3. The molecule has 0 bridgehead atoms. The number of amides is 2. The van der Waals surface area contributed by atoms with E-state index in [0.29, 0.717) is 17.2 Å². The second kappa shape index (κ2) is 7.85. The third kappa shape index (κ3) is 4.39. The number of anilines is 2. The number of carbonyl (C=O) groups is 2. The average Bonchev–Trinajstić information content (AvgIpc) is 2.66. The molecule has 0 heterocycles. The van der Waals surface area contributed by atoms with E-state index in [2.05, 4.69) is 10.6 Å². The van der Waals surface area contributed by atoms with Crippen molar-refractivity contribution in [2.75, 3.05) is 10.6 Å². The van der Waals surface area contributed by atoms with Gasteiger partial charge < -0.3 is 20.5 Å². The zero-order valence-corrected chi connectivity index (χ0v) is 13.7. The highest BCUT2D eigenvalue weighted by atomic mass is 16.5. The zero-order valence-electron chi connectivity index (χ0n) is 13.7. The third-order valence-electron chi connectivity index (χ3n) is 3.45. The van der Waals surface area contributed by atoms with Gasteiger partial charge in [-0.1, -0.05) is 30.3 Å². The van der Waals surface area contributed by atoms with Crippen molar-refractivity contribution in [2.45, 2.75) is 0 Å². The standard InChI is InChI=1S/C20H16N2O4/c23-18-9-5-4-8-17(18)22-20(25)19(24)21-14-10-12-16(13-11-14)26-15-6-2-1-3-7-15/h1-13,23H,(H,21,24)(H,22,25). The number of aromatic hydroxyl groups is 1. The number of para-hydroxylation sites is 3. The maximum Gasteiger partial charge on any atom is 0.314 e. The molecule has 0 fully saturated rings. The van der Waals surface area contributed by atoms with E-state index in [1.54, 1.807) is 36.4 Å². The fraction of sp³-hybridized carbons (Fsp3) is 0. The lowest BCUT2D eigenvalue weighted by molar-refractivity contribution is -0.133. The van der Waals surface area contributed by atoms with E-state index >= 15 is 0 Å². The largest absolute Gasteiger partial charge is 0.506 e. The van der Waals surface area contributed by atoms with Gasteiger partial charge >= 0.3 is 11.8 Å². The van der Waals surface area contributed by atoms with Gasteiger partial charge in [-0.2, -0.15) is 0 Å². The summed E-state index contributed by atoms with van der Waals surface area (Å²) in [6.45, 7) is 0. The van der Waals surface area contributed by atoms with E-state index in [4.69, 9.17) is 4.74 Å². The van der Waals surface area contributed by atoms with Gasteiger partial charge in [0.1, 0.15) is 17.2 Å². The molecule has 3 aromatic rings. The summed E-state index contributed by atoms with van der Waals surface area (Å²) >= 11 is 0. The van der Waals surface area contributed by atoms with Crippen LogP contribution in [0.5, 0.6) is 17.2 Å². The zero-order chi connectivity index (χ0) is 18.4. The summed E-state index contributed by atoms with van der Waals surface area (Å²) in [7, 11) is 0. The van der Waals surface area contributed by atoms with Crippen LogP contribution in [0.3, 0.4) is 0 Å². The van der Waals surface area contributed by atoms with Crippen LogP contribution in [-0.4, -0.2) is 16.9 Å². The van der Waals surface area contributed by atoms with Crippen LogP contribution >= 0.6 is 0 Å². The van der Waals surface area contributed by atoms with E-state index in [9.17, 15) is 14.7 Å². The molecule has 0 saturated carbocycles. The molecule has 0 unspecified atom stereocenters. The van der Waals surface area contributed by atoms with Gasteiger partial charge in [-0.15, -0.1) is 0 Å². The topological polar surface area (TPSA) is 87.7 Å². The molecular formula is C20H16N2O4. The van der Waals surface area contributed by atoms with E-state index < -0.39 is 11.8 Å². The predicted molar refractivity (Wildman–Crippen MR) is 98.3 cm³/mol. The molecule has 3 aromatic carbocycles. The van der Waals surface area contributed by atoms with Crippen molar-refractivity contribution < 1.29 is 19.4 Å². The molecular weight excluding hydrogens is 332 g/mol. The van der Waals surface area contributed by atoms with Crippen LogP contribution in [0.25, 0.3) is 0 Å². The van der Waals surface area contributed by atoms with Crippen LogP contribution in [0.15, 0.2) is 78.9 Å². The minimum atomic E-state index is -0.879. The molecule has 0 atom stereocenters. The van der Waals surface area contributed by atoms with E-state index in [1.807, 2.05) is 30.3 Å². The highest BCUT2D eigenvalue weighted by Gasteiger charge is 2.15. The number of hydrogen-bond donors (Lipinski definition) is 3. The minimum Gasteiger partial charge on any atom is -0.506 e. The van der Waals surface area contributed by atoms with E-state index in [1.165, 1.54) is 12.1 Å². The Kier molecular flexibility index (Phi) is 5.14. The number of phenolic OH excluding ortho intramolecular Hbond substituents is 1. The van der Waals surface area contributed by atoms with Crippen molar-refractivity contribution in [3.05, 3.63) is 78.9 Å². The number of carbonyl (C=O) groups excluding carboxylic acids is 2. The molecule has 26 heavy (non-hydrogen) atoms. The molecule has 130 valence electrons. The quantitative estimate of drug-likeness (QED) is 0.495. The molecule has 0 spiro atoms. The summed E-state index contributed by atoms with van der Waals surface area (Å²) < 4.78 is 5.66. The van der Waals surface area contributed by atoms with Gasteiger partial charge in [-0.3, -0.25) is 9.59 Å². The van der Waals surface area contributed by atoms with Crippen LogP contribution in [0, 0.1) is 0 Å². The van der Waals surface area contributed by atoms with Crippen molar-refractivity contribution in [3.8, 4) is 17.2 Å². The normalized spacial score (nSPS) is 10.0. The lowest BCUT2D eigenvalue weighted by atomic mass is 10.2. The predicted octanol–water partition coefficient (Wildman–Crippen LogP) is 3.76. The Balaban J connectivity index is 1.59. The summed E-state index contributed by atoms with van der Waals surface area (Å²) in [6.07, 6.45) is 0. The van der Waals surface area contributed by atoms with Gasteiger partial charge in [0.2, 0.25) is 0 Å². The number of rotatable bonds is 4. The summed E-state index contributed by atoms with van der Waals surface area (Å²) in [5, 5.41) is 14.5. The second-order valence-corrected chi connectivity index (χ2v) is 5.36. The Bertz CT molecular complexity index is 909. The van der Waals surface area contributed by atoms with Crippen molar-refractivity contribution >= 4 is 23.2 Å². The molecule has 0 saturated heterocycles. The summed E-state index contributed by atoms with van der Waals surface area (Å²) in [4.78, 5) is 23.9. The second-order valence-electron chi connectivity index (χ2n) is 5.36. The molecule has 0 aliphatic carbocycles. The average molecular weight is 348 g/mol. The van der Waals surface area contributed by atoms with Gasteiger partial charge in [0, 0.05) is 5.69 Å². The molecule has 2 amide bonds. The lowest BCUT2D eigenvalue weighted by Crippen LogP contribution is -2.29. The number of hydrogen-bond acceptors (Lipinski definition) is 4. The Morgan fingerprint density at radius 2 is 1.27 bits per heavy atom. The summed E-state index contributed by atoms with van der Waals surface area (Å²) in [5.41, 5.74) is 0.613. The molecule has 0 aliphatic heterocycles. The Morgan fingerprint density at radius 3 is 1.96 bits per heavy atom. The number of nitrogens with one attached hydrogen (secondary N) is 2. The molecule has 6 nitrogen and oxygen atoms in total. The Morgan fingerprint density at radius 1 is 0.692 bits per heavy atom. The van der Waals surface area contributed by atoms with Gasteiger partial charge in [-0.05, 0) is 48.5 Å². The first-order chi connectivity index (χ1) is 12.6. The SMILES string of the molecule is O=C(Nc1ccc(Oc2ccccc2)cc1)C(=O)Nc1ccccc1O. The first-order valence-corrected chi connectivity index (χ1v) is 7.85. The molecule has 6 heteroatoms. The first kappa shape index (κ1) is 17.0. The minimum absolute atomic E-state index is 0.115. The summed E-state index contributed by atoms with van der Waals surface area (Å²) in [6, 6.07) is 22.1. The van der Waals surface area contributed by atoms with Crippen LogP contribution in [0.2, 0.25) is 0 Å². The molecule has 0 aromatic heterocycles. The van der Waals surface area contributed by atoms with Crippen LogP contribution in [-0.2, 0) is 9.59 Å². The van der Waals surface area contributed by atoms with Crippen molar-refractivity contribution in [1.82, 2.24) is 0 Å². The lowest BCUT2D eigenvalue weighted by Gasteiger charge is -2.09. The highest BCUT2D eigenvalue weighted by Crippen LogP contribution is 2.23. The maximum absolute atomic E-state index is 12.0.